The van der Waals surface area contributed by atoms with Gasteiger partial charge in [0, 0.05) is 24.3 Å². The van der Waals surface area contributed by atoms with Crippen LogP contribution in [0.4, 0.5) is 0 Å². The lowest BCUT2D eigenvalue weighted by molar-refractivity contribution is -0.259. The number of ether oxygens (including phenoxy) is 1. The first kappa shape index (κ1) is 27.9. The maximum Gasteiger partial charge on any atom is 0.138 e. The molecule has 8 unspecified atom stereocenters. The minimum Gasteiger partial charge on any atom is -0.377 e. The minimum atomic E-state index is -0.308. The van der Waals surface area contributed by atoms with Crippen molar-refractivity contribution in [1.82, 2.24) is 4.90 Å². The van der Waals surface area contributed by atoms with Gasteiger partial charge in [-0.05, 0) is 111 Å². The third-order valence-electron chi connectivity index (χ3n) is 14.2. The Balaban J connectivity index is 1.53. The molecule has 0 amide bonds. The highest BCUT2D eigenvalue weighted by Crippen LogP contribution is 2.77. The van der Waals surface area contributed by atoms with Gasteiger partial charge >= 0.3 is 0 Å². The highest BCUT2D eigenvalue weighted by molar-refractivity contribution is 5.85. The van der Waals surface area contributed by atoms with Crippen molar-refractivity contribution in [1.29, 1.82) is 0 Å². The second-order valence-electron chi connectivity index (χ2n) is 16.5. The lowest BCUT2D eigenvalue weighted by atomic mass is 9.32. The number of nitrogens with zero attached hydrogens (tertiary/aromatic N) is 1. The van der Waals surface area contributed by atoms with E-state index >= 15 is 0 Å². The van der Waals surface area contributed by atoms with E-state index in [0.29, 0.717) is 33.9 Å². The van der Waals surface area contributed by atoms with Crippen LogP contribution in [0.5, 0.6) is 0 Å². The van der Waals surface area contributed by atoms with Crippen molar-refractivity contribution in [3.05, 3.63) is 12.2 Å². The van der Waals surface area contributed by atoms with Crippen molar-refractivity contribution >= 4 is 5.78 Å². The summed E-state index contributed by atoms with van der Waals surface area (Å²) in [6, 6.07) is 0. The zero-order chi connectivity index (χ0) is 27.2. The van der Waals surface area contributed by atoms with Gasteiger partial charge in [-0.3, -0.25) is 4.79 Å². The Morgan fingerprint density at radius 1 is 0.892 bits per heavy atom. The Hall–Kier alpha value is -0.670. The van der Waals surface area contributed by atoms with Crippen molar-refractivity contribution in [2.45, 2.75) is 119 Å². The first-order valence-corrected chi connectivity index (χ1v) is 15.5. The Morgan fingerprint density at radius 2 is 1.59 bits per heavy atom. The average Bonchev–Trinajstić information content (AvgIpc) is 3.00. The first-order chi connectivity index (χ1) is 17.1. The Morgan fingerprint density at radius 3 is 2.22 bits per heavy atom. The lowest BCUT2D eigenvalue weighted by Gasteiger charge is -2.73. The van der Waals surface area contributed by atoms with Crippen LogP contribution in [0, 0.1) is 50.2 Å². The molecular formula is C34H57NO2. The lowest BCUT2D eigenvalue weighted by Crippen LogP contribution is -2.69. The monoisotopic (exact) mass is 511 g/mol. The topological polar surface area (TPSA) is 29.5 Å². The molecule has 210 valence electrons. The Bertz CT molecular complexity index is 949. The summed E-state index contributed by atoms with van der Waals surface area (Å²) in [4.78, 5) is 15.6. The van der Waals surface area contributed by atoms with Crippen molar-refractivity contribution < 1.29 is 9.53 Å². The van der Waals surface area contributed by atoms with Crippen LogP contribution in [0.15, 0.2) is 12.2 Å². The van der Waals surface area contributed by atoms with Crippen molar-refractivity contribution in [3.8, 4) is 0 Å². The number of fused-ring (bicyclic) bond motifs is 5. The van der Waals surface area contributed by atoms with Crippen molar-refractivity contribution in [3.63, 3.8) is 0 Å². The quantitative estimate of drug-likeness (QED) is 0.359. The van der Waals surface area contributed by atoms with E-state index in [2.05, 4.69) is 74.0 Å². The zero-order valence-electron chi connectivity index (χ0n) is 25.8. The van der Waals surface area contributed by atoms with Gasteiger partial charge < -0.3 is 9.64 Å². The van der Waals surface area contributed by atoms with E-state index in [1.165, 1.54) is 44.9 Å². The van der Waals surface area contributed by atoms with Gasteiger partial charge in [0.25, 0.3) is 0 Å². The third-order valence-corrected chi connectivity index (χ3v) is 14.2. The van der Waals surface area contributed by atoms with Crippen LogP contribution in [-0.2, 0) is 9.53 Å². The fourth-order valence-corrected chi connectivity index (χ4v) is 11.7. The number of hydrogen-bond donors (Lipinski definition) is 0. The molecule has 0 heterocycles. The van der Waals surface area contributed by atoms with Gasteiger partial charge in [0.05, 0.1) is 12.7 Å². The molecule has 3 heteroatoms. The fraction of sp³-hybridized carbons (Fsp3) is 0.912. The molecule has 0 bridgehead atoms. The molecule has 1 spiro atoms. The number of hydrogen-bond acceptors (Lipinski definition) is 3. The molecule has 5 rings (SSSR count). The molecular weight excluding hydrogens is 454 g/mol. The van der Waals surface area contributed by atoms with E-state index in [1.807, 2.05) is 0 Å². The zero-order valence-corrected chi connectivity index (χ0v) is 25.8. The van der Waals surface area contributed by atoms with Gasteiger partial charge in [-0.1, -0.05) is 60.6 Å². The second-order valence-corrected chi connectivity index (χ2v) is 16.5. The van der Waals surface area contributed by atoms with Crippen LogP contribution in [0.3, 0.4) is 0 Å². The summed E-state index contributed by atoms with van der Waals surface area (Å²) in [6.45, 7) is 23.9. The summed E-state index contributed by atoms with van der Waals surface area (Å²) < 4.78 is 6.89. The number of Topliss-reactive ketones (excluding diaryl/α,β-unsaturated/α-hetero) is 1. The summed E-state index contributed by atoms with van der Waals surface area (Å²) >= 11 is 0. The SMILES string of the molecule is C=C1CCC(C)(C)C12CCC1(C)C(CCC3C4(C)CCC(=O)C(C)(C)C4C(OCCN(C)C)CC31C)C2. The molecule has 8 atom stereocenters. The molecule has 0 aromatic carbocycles. The molecule has 0 aliphatic heterocycles. The molecule has 5 fully saturated rings. The van der Waals surface area contributed by atoms with Gasteiger partial charge in [-0.15, -0.1) is 0 Å². The minimum absolute atomic E-state index is 0.159. The number of rotatable bonds is 4. The van der Waals surface area contributed by atoms with Crippen LogP contribution in [0.25, 0.3) is 0 Å². The summed E-state index contributed by atoms with van der Waals surface area (Å²) in [6.07, 6.45) is 12.2. The van der Waals surface area contributed by atoms with Gasteiger partial charge in [-0.25, -0.2) is 0 Å². The van der Waals surface area contributed by atoms with Crippen molar-refractivity contribution in [2.75, 3.05) is 27.2 Å². The number of allylic oxidation sites excluding steroid dienone is 1. The number of ketones is 1. The van der Waals surface area contributed by atoms with Crippen LogP contribution >= 0.6 is 0 Å². The Labute approximate surface area is 228 Å². The van der Waals surface area contributed by atoms with E-state index in [9.17, 15) is 4.79 Å². The largest absolute Gasteiger partial charge is 0.377 e. The predicted octanol–water partition coefficient (Wildman–Crippen LogP) is 7.93. The third kappa shape index (κ3) is 3.68. The summed E-state index contributed by atoms with van der Waals surface area (Å²) in [7, 11) is 4.26. The predicted molar refractivity (Wildman–Crippen MR) is 153 cm³/mol. The van der Waals surface area contributed by atoms with Crippen LogP contribution in [0.2, 0.25) is 0 Å². The van der Waals surface area contributed by atoms with Gasteiger partial charge in [0.2, 0.25) is 0 Å². The highest BCUT2D eigenvalue weighted by Gasteiger charge is 2.71. The highest BCUT2D eigenvalue weighted by atomic mass is 16.5. The molecule has 0 saturated heterocycles. The van der Waals surface area contributed by atoms with E-state index < -0.39 is 0 Å². The molecule has 5 aliphatic rings. The maximum absolute atomic E-state index is 13.3. The number of carbonyl (C=O) groups is 1. The number of carbonyl (C=O) groups excluding carboxylic acids is 1. The normalized spacial score (nSPS) is 48.6. The molecule has 3 nitrogen and oxygen atoms in total. The first-order valence-electron chi connectivity index (χ1n) is 15.5. The fourth-order valence-electron chi connectivity index (χ4n) is 11.7. The summed E-state index contributed by atoms with van der Waals surface area (Å²) in [5, 5.41) is 0. The number of likely N-dealkylation sites (N-methyl/N-ethyl adjacent to an activating group) is 1. The average molecular weight is 512 g/mol. The molecule has 0 aromatic heterocycles. The molecule has 37 heavy (non-hydrogen) atoms. The van der Waals surface area contributed by atoms with Gasteiger partial charge in [0.1, 0.15) is 5.78 Å². The van der Waals surface area contributed by atoms with Gasteiger partial charge in [0.15, 0.2) is 0 Å². The molecule has 0 aromatic rings. The van der Waals surface area contributed by atoms with Gasteiger partial charge in [-0.2, -0.15) is 0 Å². The van der Waals surface area contributed by atoms with Crippen LogP contribution in [0.1, 0.15) is 113 Å². The van der Waals surface area contributed by atoms with E-state index in [4.69, 9.17) is 4.74 Å². The smallest absolute Gasteiger partial charge is 0.138 e. The maximum atomic E-state index is 13.3. The molecule has 5 aliphatic carbocycles. The molecule has 0 radical (unpaired) electrons. The summed E-state index contributed by atoms with van der Waals surface area (Å²) in [5.41, 5.74) is 2.68. The van der Waals surface area contributed by atoms with Crippen molar-refractivity contribution in [2.24, 2.45) is 50.2 Å². The van der Waals surface area contributed by atoms with E-state index in [0.717, 1.165) is 38.3 Å². The van der Waals surface area contributed by atoms with E-state index in [-0.39, 0.29) is 22.3 Å². The van der Waals surface area contributed by atoms with E-state index in [1.54, 1.807) is 5.57 Å². The van der Waals surface area contributed by atoms with Crippen LogP contribution < -0.4 is 0 Å². The summed E-state index contributed by atoms with van der Waals surface area (Å²) in [5.74, 6) is 2.20. The second kappa shape index (κ2) is 8.66. The standard InChI is InChI=1S/C34H57NO2/c1-23-13-15-29(2,3)34(23)18-17-32(7)24(21-34)11-12-26-31(6)16-14-27(36)30(4,5)28(31)25(22-33(26,32)8)37-20-19-35(9)10/h24-26,28H,1,11-22H2,2-10H3. The molecule has 0 N–H and O–H groups in total. The van der Waals surface area contributed by atoms with Crippen LogP contribution in [-0.4, -0.2) is 44.0 Å². The molecule has 5 saturated carbocycles. The Kier molecular flexibility index (Phi) is 6.53.